The minimum atomic E-state index is -1.93. The van der Waals surface area contributed by atoms with E-state index in [0.29, 0.717) is 22.0 Å². The van der Waals surface area contributed by atoms with Crippen LogP contribution in [-0.4, -0.2) is 44.3 Å². The van der Waals surface area contributed by atoms with E-state index in [1.54, 1.807) is 24.5 Å². The lowest BCUT2D eigenvalue weighted by Gasteiger charge is -2.21. The molecule has 154 valence electrons. The van der Waals surface area contributed by atoms with Crippen LogP contribution in [0.3, 0.4) is 0 Å². The zero-order chi connectivity index (χ0) is 22.2. The predicted octanol–water partition coefficient (Wildman–Crippen LogP) is 1.48. The van der Waals surface area contributed by atoms with Crippen molar-refractivity contribution in [1.29, 1.82) is 0 Å². The molecule has 8 heteroatoms. The monoisotopic (exact) mass is 420 g/mol. The van der Waals surface area contributed by atoms with Gasteiger partial charge in [-0.2, -0.15) is 0 Å². The first kappa shape index (κ1) is 20.4. The largest absolute Gasteiger partial charge is 0.488 e. The molecular weight excluding hydrogens is 402 g/mol. The molecule has 0 fully saturated rings. The molecular formula is C24H18B2N2O4. The molecule has 0 aliphatic rings. The number of aromatic nitrogens is 2. The molecule has 6 nitrogen and oxygen atoms in total. The van der Waals surface area contributed by atoms with E-state index in [-0.39, 0.29) is 10.9 Å². The smallest absolute Gasteiger partial charge is 0.423 e. The van der Waals surface area contributed by atoms with Crippen LogP contribution >= 0.6 is 0 Å². The molecule has 0 saturated heterocycles. The number of hydrogen-bond donors (Lipinski definition) is 4. The molecule has 2 heterocycles. The molecule has 0 amide bonds. The summed E-state index contributed by atoms with van der Waals surface area (Å²) in [4.78, 5) is 9.07. The molecule has 0 aliphatic carbocycles. The lowest BCUT2D eigenvalue weighted by molar-refractivity contribution is 0.419. The Kier molecular flexibility index (Phi) is 5.20. The van der Waals surface area contributed by atoms with Gasteiger partial charge in [0.05, 0.1) is 11.4 Å². The van der Waals surface area contributed by atoms with E-state index >= 15 is 0 Å². The van der Waals surface area contributed by atoms with Gasteiger partial charge in [-0.25, -0.2) is 0 Å². The molecule has 0 spiro atoms. The van der Waals surface area contributed by atoms with Crippen LogP contribution < -0.4 is 10.9 Å². The van der Waals surface area contributed by atoms with Crippen molar-refractivity contribution in [2.75, 3.05) is 0 Å². The highest BCUT2D eigenvalue weighted by Gasteiger charge is 2.30. The SMILES string of the molecule is OB(O)c1ccc2c(-c3ccccn3)c3ccccc3c(-c3ccccn3)c2c1B(O)O. The Bertz CT molecular complexity index is 1430. The van der Waals surface area contributed by atoms with Gasteiger partial charge in [-0.1, -0.05) is 48.5 Å². The molecule has 3 aromatic carbocycles. The zero-order valence-electron chi connectivity index (χ0n) is 16.9. The number of hydrogen-bond acceptors (Lipinski definition) is 6. The van der Waals surface area contributed by atoms with E-state index in [1.807, 2.05) is 54.6 Å². The first-order valence-electron chi connectivity index (χ1n) is 10.1. The van der Waals surface area contributed by atoms with Crippen molar-refractivity contribution in [1.82, 2.24) is 9.97 Å². The summed E-state index contributed by atoms with van der Waals surface area (Å²) in [6.07, 6.45) is 3.37. The number of benzene rings is 3. The summed E-state index contributed by atoms with van der Waals surface area (Å²) < 4.78 is 0. The average Bonchev–Trinajstić information content (AvgIpc) is 2.82. The highest BCUT2D eigenvalue weighted by Crippen LogP contribution is 2.41. The van der Waals surface area contributed by atoms with Crippen LogP contribution in [0, 0.1) is 0 Å². The fraction of sp³-hybridized carbons (Fsp3) is 0. The van der Waals surface area contributed by atoms with Crippen LogP contribution in [0.4, 0.5) is 0 Å². The average molecular weight is 420 g/mol. The maximum Gasteiger partial charge on any atom is 0.488 e. The lowest BCUT2D eigenvalue weighted by Crippen LogP contribution is -2.50. The van der Waals surface area contributed by atoms with Gasteiger partial charge in [0.15, 0.2) is 0 Å². The van der Waals surface area contributed by atoms with E-state index in [0.717, 1.165) is 22.0 Å². The first-order chi connectivity index (χ1) is 15.6. The van der Waals surface area contributed by atoms with Crippen LogP contribution in [-0.2, 0) is 0 Å². The highest BCUT2D eigenvalue weighted by atomic mass is 16.4. The van der Waals surface area contributed by atoms with Gasteiger partial charge in [-0.15, -0.1) is 0 Å². The van der Waals surface area contributed by atoms with Gasteiger partial charge in [-0.3, -0.25) is 9.97 Å². The predicted molar refractivity (Wildman–Crippen MR) is 128 cm³/mol. The summed E-state index contributed by atoms with van der Waals surface area (Å²) in [5.41, 5.74) is 2.90. The van der Waals surface area contributed by atoms with Crippen molar-refractivity contribution in [3.8, 4) is 22.5 Å². The van der Waals surface area contributed by atoms with Crippen LogP contribution in [0.5, 0.6) is 0 Å². The van der Waals surface area contributed by atoms with Crippen LogP contribution in [0.25, 0.3) is 44.1 Å². The summed E-state index contributed by atoms with van der Waals surface area (Å²) in [6.45, 7) is 0. The Balaban J connectivity index is 2.10. The third kappa shape index (κ3) is 3.26. The summed E-state index contributed by atoms with van der Waals surface area (Å²) >= 11 is 0. The van der Waals surface area contributed by atoms with Gasteiger partial charge in [0, 0.05) is 23.5 Å². The van der Waals surface area contributed by atoms with Crippen molar-refractivity contribution < 1.29 is 20.1 Å². The summed E-state index contributed by atoms with van der Waals surface area (Å²) in [5.74, 6) is 0. The van der Waals surface area contributed by atoms with E-state index in [1.165, 1.54) is 6.07 Å². The van der Waals surface area contributed by atoms with E-state index in [9.17, 15) is 20.1 Å². The Morgan fingerprint density at radius 1 is 0.531 bits per heavy atom. The molecule has 2 aromatic heterocycles. The maximum atomic E-state index is 10.4. The Morgan fingerprint density at radius 2 is 1.09 bits per heavy atom. The summed E-state index contributed by atoms with van der Waals surface area (Å²) in [5, 5.41) is 43.6. The second kappa shape index (κ2) is 8.18. The lowest BCUT2D eigenvalue weighted by atomic mass is 9.63. The van der Waals surface area contributed by atoms with Gasteiger partial charge in [0.2, 0.25) is 0 Å². The normalized spacial score (nSPS) is 11.1. The Labute approximate surface area is 184 Å². The number of nitrogens with zero attached hydrogens (tertiary/aromatic N) is 2. The maximum absolute atomic E-state index is 10.4. The van der Waals surface area contributed by atoms with Crippen molar-refractivity contribution >= 4 is 46.7 Å². The van der Waals surface area contributed by atoms with Gasteiger partial charge in [0.1, 0.15) is 0 Å². The second-order valence-corrected chi connectivity index (χ2v) is 7.46. The molecule has 0 aliphatic heterocycles. The van der Waals surface area contributed by atoms with E-state index < -0.39 is 14.2 Å². The van der Waals surface area contributed by atoms with Crippen molar-refractivity contribution in [3.05, 3.63) is 85.2 Å². The van der Waals surface area contributed by atoms with Crippen LogP contribution in [0.1, 0.15) is 0 Å². The molecule has 0 unspecified atom stereocenters. The summed E-state index contributed by atoms with van der Waals surface area (Å²) in [6, 6.07) is 22.2. The molecule has 5 aromatic rings. The van der Waals surface area contributed by atoms with Gasteiger partial charge >= 0.3 is 14.2 Å². The van der Waals surface area contributed by atoms with E-state index in [2.05, 4.69) is 9.97 Å². The van der Waals surface area contributed by atoms with Crippen molar-refractivity contribution in [3.63, 3.8) is 0 Å². The third-order valence-corrected chi connectivity index (χ3v) is 5.64. The van der Waals surface area contributed by atoms with Gasteiger partial charge in [0.25, 0.3) is 0 Å². The zero-order valence-corrected chi connectivity index (χ0v) is 16.9. The summed E-state index contributed by atoms with van der Waals surface area (Å²) in [7, 11) is -3.81. The topological polar surface area (TPSA) is 107 Å². The molecule has 0 saturated carbocycles. The van der Waals surface area contributed by atoms with Crippen molar-refractivity contribution in [2.24, 2.45) is 0 Å². The minimum Gasteiger partial charge on any atom is -0.423 e. The molecule has 0 atom stereocenters. The van der Waals surface area contributed by atoms with Crippen LogP contribution in [0.2, 0.25) is 0 Å². The highest BCUT2D eigenvalue weighted by molar-refractivity contribution is 6.74. The molecule has 4 N–H and O–H groups in total. The van der Waals surface area contributed by atoms with Crippen LogP contribution in [0.15, 0.2) is 85.2 Å². The van der Waals surface area contributed by atoms with Gasteiger partial charge < -0.3 is 20.1 Å². The minimum absolute atomic E-state index is 0.0203. The quantitative estimate of drug-likeness (QED) is 0.259. The fourth-order valence-corrected chi connectivity index (χ4v) is 4.38. The third-order valence-electron chi connectivity index (χ3n) is 5.64. The van der Waals surface area contributed by atoms with Crippen molar-refractivity contribution in [2.45, 2.75) is 0 Å². The number of fused-ring (bicyclic) bond motifs is 2. The molecule has 5 rings (SSSR count). The Hall–Kier alpha value is -3.55. The fourth-order valence-electron chi connectivity index (χ4n) is 4.38. The van der Waals surface area contributed by atoms with Gasteiger partial charge in [-0.05, 0) is 56.7 Å². The number of pyridine rings is 2. The van der Waals surface area contributed by atoms with E-state index in [4.69, 9.17) is 0 Å². The standard InChI is InChI=1S/C24H18B2N2O4/c29-25(30)18-12-11-17-21(19-9-3-5-13-27-19)15-7-1-2-8-16(15)22(20-10-4-6-14-28-20)23(17)24(18)26(31)32/h1-14,29-32H. The molecule has 32 heavy (non-hydrogen) atoms. The molecule has 0 bridgehead atoms. The number of rotatable bonds is 4. The second-order valence-electron chi connectivity index (χ2n) is 7.46. The Morgan fingerprint density at radius 3 is 1.62 bits per heavy atom. The first-order valence-corrected chi connectivity index (χ1v) is 10.1. The molecule has 0 radical (unpaired) electrons.